The fraction of sp³-hybridized carbons (Fsp3) is 0.946. The Kier molecular flexibility index (Phi) is 43.4. The summed E-state index contributed by atoms with van der Waals surface area (Å²) in [5.41, 5.74) is 0. The highest BCUT2D eigenvalue weighted by Crippen LogP contribution is 2.14. The number of hydrogen-bond donors (Lipinski definition) is 0. The van der Waals surface area contributed by atoms with E-state index in [4.69, 9.17) is 4.74 Å². The number of amides is 2. The van der Waals surface area contributed by atoms with Gasteiger partial charge in [0.1, 0.15) is 0 Å². The zero-order valence-corrected chi connectivity index (χ0v) is 44.3. The molecule has 2 amide bonds. The van der Waals surface area contributed by atoms with Crippen molar-refractivity contribution in [2.45, 2.75) is 253 Å². The SMILES string of the molecule is CCCCCCCCCN(CCCCCCCCC)CCN(CCCCCCCCC)CCC(=O)N1CCN(C(=O)CN(CCCCCCCCC)CCCC(=O)OCCCCC)CC1. The van der Waals surface area contributed by atoms with E-state index < -0.39 is 0 Å². The predicted octanol–water partition coefficient (Wildman–Crippen LogP) is 13.5. The number of carbonyl (C=O) groups excluding carboxylic acids is 3. The summed E-state index contributed by atoms with van der Waals surface area (Å²) >= 11 is 0. The van der Waals surface area contributed by atoms with Crippen LogP contribution in [0.5, 0.6) is 0 Å². The molecule has 0 aromatic heterocycles. The number of hydrogen-bond acceptors (Lipinski definition) is 7. The predicted molar refractivity (Wildman–Crippen MR) is 279 cm³/mol. The summed E-state index contributed by atoms with van der Waals surface area (Å²) in [5, 5.41) is 0. The van der Waals surface area contributed by atoms with Crippen LogP contribution in [0.4, 0.5) is 0 Å². The third-order valence-electron chi connectivity index (χ3n) is 13.9. The minimum atomic E-state index is -0.121. The number of esters is 1. The van der Waals surface area contributed by atoms with Crippen molar-refractivity contribution in [2.24, 2.45) is 0 Å². The van der Waals surface area contributed by atoms with Gasteiger partial charge in [0.2, 0.25) is 11.8 Å². The third kappa shape index (κ3) is 36.9. The Morgan fingerprint density at radius 1 is 0.338 bits per heavy atom. The van der Waals surface area contributed by atoms with Crippen LogP contribution >= 0.6 is 0 Å². The van der Waals surface area contributed by atoms with Crippen molar-refractivity contribution in [2.75, 3.05) is 91.7 Å². The Balaban J connectivity index is 2.75. The fourth-order valence-electron chi connectivity index (χ4n) is 9.36. The molecule has 0 saturated carbocycles. The topological polar surface area (TPSA) is 76.6 Å². The van der Waals surface area contributed by atoms with Gasteiger partial charge in [0, 0.05) is 58.7 Å². The lowest BCUT2D eigenvalue weighted by atomic mass is 10.1. The second-order valence-corrected chi connectivity index (χ2v) is 20.0. The van der Waals surface area contributed by atoms with E-state index in [2.05, 4.69) is 49.3 Å². The Morgan fingerprint density at radius 3 is 1.08 bits per heavy atom. The normalized spacial score (nSPS) is 13.2. The summed E-state index contributed by atoms with van der Waals surface area (Å²) in [4.78, 5) is 51.4. The molecule has 0 unspecified atom stereocenters. The Labute approximate surface area is 404 Å². The first-order valence-corrected chi connectivity index (χ1v) is 28.8. The number of carbonyl (C=O) groups is 3. The molecule has 0 spiro atoms. The summed E-state index contributed by atoms with van der Waals surface area (Å²) in [5.74, 6) is 0.275. The molecule has 1 fully saturated rings. The Bertz CT molecular complexity index is 1050. The largest absolute Gasteiger partial charge is 0.466 e. The van der Waals surface area contributed by atoms with Gasteiger partial charge in [-0.3, -0.25) is 19.3 Å². The van der Waals surface area contributed by atoms with E-state index in [-0.39, 0.29) is 17.8 Å². The summed E-state index contributed by atoms with van der Waals surface area (Å²) in [6.45, 7) is 22.7. The van der Waals surface area contributed by atoms with Gasteiger partial charge in [-0.15, -0.1) is 0 Å². The maximum Gasteiger partial charge on any atom is 0.305 e. The van der Waals surface area contributed by atoms with Gasteiger partial charge >= 0.3 is 5.97 Å². The van der Waals surface area contributed by atoms with Gasteiger partial charge in [0.15, 0.2) is 0 Å². The maximum absolute atomic E-state index is 13.7. The van der Waals surface area contributed by atoms with Gasteiger partial charge in [0.05, 0.1) is 13.2 Å². The molecular weight excluding hydrogens is 807 g/mol. The number of nitrogens with zero attached hydrogens (tertiary/aromatic N) is 5. The number of piperazine rings is 1. The van der Waals surface area contributed by atoms with Crippen molar-refractivity contribution in [3.8, 4) is 0 Å². The molecule has 0 aromatic carbocycles. The standard InChI is InChI=1S/C56H111N5O4/c1-6-11-16-20-24-28-32-40-57(41-33-29-25-21-17-12-7-2)46-47-58(42-34-30-26-22-18-13-8-3)45-39-54(62)60-48-50-61(51-49-60)55(63)53-59(43-35-31-27-23-19-14-9-4)44-37-38-56(64)65-52-36-15-10-5/h6-53H2,1-5H3. The van der Waals surface area contributed by atoms with E-state index in [9.17, 15) is 14.4 Å². The smallest absolute Gasteiger partial charge is 0.305 e. The van der Waals surface area contributed by atoms with Crippen LogP contribution in [0.25, 0.3) is 0 Å². The first-order valence-electron chi connectivity index (χ1n) is 28.8. The second-order valence-electron chi connectivity index (χ2n) is 20.0. The average Bonchev–Trinajstić information content (AvgIpc) is 3.31. The molecule has 0 aliphatic carbocycles. The number of ether oxygens (including phenoxy) is 1. The van der Waals surface area contributed by atoms with Crippen molar-refractivity contribution < 1.29 is 19.1 Å². The molecule has 9 heteroatoms. The molecule has 1 aliphatic heterocycles. The monoisotopic (exact) mass is 918 g/mol. The van der Waals surface area contributed by atoms with E-state index in [1.165, 1.54) is 186 Å². The lowest BCUT2D eigenvalue weighted by Gasteiger charge is -2.36. The minimum absolute atomic E-state index is 0.121. The highest BCUT2D eigenvalue weighted by molar-refractivity contribution is 5.79. The molecule has 0 N–H and O–H groups in total. The first kappa shape index (κ1) is 61.3. The Hall–Kier alpha value is -1.71. The molecule has 1 heterocycles. The minimum Gasteiger partial charge on any atom is -0.466 e. The zero-order chi connectivity index (χ0) is 47.3. The van der Waals surface area contributed by atoms with Crippen molar-refractivity contribution in [3.63, 3.8) is 0 Å². The molecule has 0 atom stereocenters. The number of unbranched alkanes of at least 4 members (excludes halogenated alkanes) is 26. The van der Waals surface area contributed by atoms with Crippen LogP contribution in [0.1, 0.15) is 253 Å². The lowest BCUT2D eigenvalue weighted by Crippen LogP contribution is -2.53. The van der Waals surface area contributed by atoms with Crippen LogP contribution in [0.3, 0.4) is 0 Å². The molecule has 1 rings (SSSR count). The fourth-order valence-corrected chi connectivity index (χ4v) is 9.36. The molecule has 384 valence electrons. The molecular formula is C56H111N5O4. The molecule has 1 saturated heterocycles. The van der Waals surface area contributed by atoms with E-state index in [0.717, 1.165) is 65.0 Å². The van der Waals surface area contributed by atoms with E-state index in [1.807, 2.05) is 9.80 Å². The summed E-state index contributed by atoms with van der Waals surface area (Å²) in [7, 11) is 0. The van der Waals surface area contributed by atoms with Crippen molar-refractivity contribution in [3.05, 3.63) is 0 Å². The Morgan fingerprint density at radius 2 is 0.662 bits per heavy atom. The molecule has 0 radical (unpaired) electrons. The van der Waals surface area contributed by atoms with Crippen molar-refractivity contribution in [1.82, 2.24) is 24.5 Å². The van der Waals surface area contributed by atoms with E-state index in [0.29, 0.717) is 58.6 Å². The van der Waals surface area contributed by atoms with Gasteiger partial charge in [-0.2, -0.15) is 0 Å². The lowest BCUT2D eigenvalue weighted by molar-refractivity contribution is -0.144. The van der Waals surface area contributed by atoms with Crippen LogP contribution in [-0.2, 0) is 19.1 Å². The van der Waals surface area contributed by atoms with Gasteiger partial charge in [0.25, 0.3) is 0 Å². The third-order valence-corrected chi connectivity index (χ3v) is 13.9. The average molecular weight is 919 g/mol. The highest BCUT2D eigenvalue weighted by atomic mass is 16.5. The van der Waals surface area contributed by atoms with Gasteiger partial charge < -0.3 is 24.3 Å². The highest BCUT2D eigenvalue weighted by Gasteiger charge is 2.26. The van der Waals surface area contributed by atoms with Gasteiger partial charge in [-0.1, -0.05) is 202 Å². The first-order chi connectivity index (χ1) is 31.9. The summed E-state index contributed by atoms with van der Waals surface area (Å²) in [6, 6.07) is 0. The van der Waals surface area contributed by atoms with Crippen LogP contribution in [0.2, 0.25) is 0 Å². The quantitative estimate of drug-likeness (QED) is 0.0444. The maximum atomic E-state index is 13.7. The van der Waals surface area contributed by atoms with Crippen molar-refractivity contribution >= 4 is 17.8 Å². The number of rotatable bonds is 48. The molecule has 65 heavy (non-hydrogen) atoms. The molecule has 1 aliphatic rings. The molecule has 0 bridgehead atoms. The summed E-state index contributed by atoms with van der Waals surface area (Å²) < 4.78 is 5.45. The van der Waals surface area contributed by atoms with Crippen LogP contribution in [-0.4, -0.2) is 134 Å². The van der Waals surface area contributed by atoms with Gasteiger partial charge in [-0.25, -0.2) is 0 Å². The van der Waals surface area contributed by atoms with Crippen LogP contribution < -0.4 is 0 Å². The molecule has 9 nitrogen and oxygen atoms in total. The second kappa shape index (κ2) is 46.0. The van der Waals surface area contributed by atoms with Gasteiger partial charge in [-0.05, 0) is 71.2 Å². The van der Waals surface area contributed by atoms with Crippen molar-refractivity contribution in [1.29, 1.82) is 0 Å². The summed E-state index contributed by atoms with van der Waals surface area (Å²) in [6.07, 6.45) is 41.6. The van der Waals surface area contributed by atoms with Crippen LogP contribution in [0.15, 0.2) is 0 Å². The van der Waals surface area contributed by atoms with Crippen LogP contribution in [0, 0.1) is 0 Å². The van der Waals surface area contributed by atoms with E-state index in [1.54, 1.807) is 0 Å². The van der Waals surface area contributed by atoms with E-state index >= 15 is 0 Å². The zero-order valence-electron chi connectivity index (χ0n) is 44.3. The molecule has 0 aromatic rings.